The van der Waals surface area contributed by atoms with Crippen molar-refractivity contribution >= 4 is 22.0 Å². The van der Waals surface area contributed by atoms with E-state index in [0.717, 1.165) is 5.76 Å². The first kappa shape index (κ1) is 5.84. The van der Waals surface area contributed by atoms with E-state index in [1.54, 1.807) is 0 Å². The Morgan fingerprint density at radius 2 is 2.27 bits per heavy atom. The fourth-order valence-electron chi connectivity index (χ4n) is 1.51. The van der Waals surface area contributed by atoms with Gasteiger partial charge in [-0.3, -0.25) is 0 Å². The maximum atomic E-state index is 5.27. The Balaban J connectivity index is 2.33. The molecule has 0 saturated carbocycles. The zero-order chi connectivity index (χ0) is 7.42. The smallest absolute Gasteiger partial charge is 0.181 e. The van der Waals surface area contributed by atoms with Crippen LogP contribution in [0.2, 0.25) is 0 Å². The van der Waals surface area contributed by atoms with Crippen molar-refractivity contribution < 1.29 is 4.74 Å². The summed E-state index contributed by atoms with van der Waals surface area (Å²) in [5, 5.41) is 0. The summed E-state index contributed by atoms with van der Waals surface area (Å²) in [5.41, 5.74) is 2.59. The van der Waals surface area contributed by atoms with Crippen LogP contribution in [0.25, 0.3) is 6.08 Å². The topological polar surface area (TPSA) is 12.5 Å². The third kappa shape index (κ3) is 0.653. The number of halogens is 1. The van der Waals surface area contributed by atoms with Crippen LogP contribution in [0.3, 0.4) is 0 Å². The Kier molecular flexibility index (Phi) is 0.899. The Morgan fingerprint density at radius 3 is 3.09 bits per heavy atom. The summed E-state index contributed by atoms with van der Waals surface area (Å²) in [6.45, 7) is 0. The lowest BCUT2D eigenvalue weighted by molar-refractivity contribution is 0.434. The van der Waals surface area contributed by atoms with E-state index in [0.29, 0.717) is 6.10 Å². The third-order valence-corrected chi connectivity index (χ3v) is 2.80. The minimum absolute atomic E-state index is 0.294. The lowest BCUT2D eigenvalue weighted by Crippen LogP contribution is -1.83. The lowest BCUT2D eigenvalue weighted by atomic mass is 10.1. The quantitative estimate of drug-likeness (QED) is 0.598. The summed E-state index contributed by atoms with van der Waals surface area (Å²) in [6, 6.07) is 6.21. The standard InChI is InChI=1S/C9H5BrO/c10-7-3-1-2-5-6(7)4-8-9(5)11-8/h1-4,9H. The van der Waals surface area contributed by atoms with Crippen molar-refractivity contribution in [1.82, 2.24) is 0 Å². The number of rotatable bonds is 0. The van der Waals surface area contributed by atoms with Crippen molar-refractivity contribution in [3.05, 3.63) is 39.6 Å². The van der Waals surface area contributed by atoms with Crippen molar-refractivity contribution in [1.29, 1.82) is 0 Å². The second-order valence-corrected chi connectivity index (χ2v) is 3.64. The highest BCUT2D eigenvalue weighted by atomic mass is 79.9. The normalized spacial score (nSPS) is 23.4. The molecule has 1 aliphatic carbocycles. The zero-order valence-corrected chi connectivity index (χ0v) is 7.26. The molecule has 54 valence electrons. The van der Waals surface area contributed by atoms with E-state index in [1.165, 1.54) is 15.6 Å². The van der Waals surface area contributed by atoms with Gasteiger partial charge in [0, 0.05) is 10.0 Å². The molecule has 2 aliphatic rings. The Morgan fingerprint density at radius 1 is 1.36 bits per heavy atom. The molecule has 1 atom stereocenters. The van der Waals surface area contributed by atoms with E-state index in [4.69, 9.17) is 4.74 Å². The summed E-state index contributed by atoms with van der Waals surface area (Å²) < 4.78 is 6.44. The number of fused-ring (bicyclic) bond motifs is 3. The van der Waals surface area contributed by atoms with Gasteiger partial charge >= 0.3 is 0 Å². The maximum Gasteiger partial charge on any atom is 0.181 e. The van der Waals surface area contributed by atoms with E-state index in [9.17, 15) is 0 Å². The summed E-state index contributed by atoms with van der Waals surface area (Å²) in [4.78, 5) is 0. The van der Waals surface area contributed by atoms with Gasteiger partial charge < -0.3 is 4.74 Å². The van der Waals surface area contributed by atoms with Gasteiger partial charge in [-0.2, -0.15) is 0 Å². The summed E-state index contributed by atoms with van der Waals surface area (Å²) in [7, 11) is 0. The molecular formula is C9H5BrO. The molecule has 1 fully saturated rings. The fourth-order valence-corrected chi connectivity index (χ4v) is 2.00. The van der Waals surface area contributed by atoms with Crippen LogP contribution in [0, 0.1) is 0 Å². The summed E-state index contributed by atoms with van der Waals surface area (Å²) in [6.07, 6.45) is 2.40. The maximum absolute atomic E-state index is 5.27. The van der Waals surface area contributed by atoms with E-state index < -0.39 is 0 Å². The molecule has 1 aromatic rings. The SMILES string of the molecule is Brc1cccc2c1C=C1OC12. The number of hydrogen-bond donors (Lipinski definition) is 0. The highest BCUT2D eigenvalue weighted by Gasteiger charge is 2.41. The molecule has 0 radical (unpaired) electrons. The van der Waals surface area contributed by atoms with Crippen molar-refractivity contribution in [2.75, 3.05) is 0 Å². The van der Waals surface area contributed by atoms with Gasteiger partial charge in [-0.05, 0) is 17.7 Å². The molecule has 2 heteroatoms. The molecule has 0 spiro atoms. The summed E-state index contributed by atoms with van der Waals surface area (Å²) >= 11 is 3.50. The van der Waals surface area contributed by atoms with Gasteiger partial charge in [0.2, 0.25) is 0 Å². The van der Waals surface area contributed by atoms with Gasteiger partial charge in [0.1, 0.15) is 5.76 Å². The molecule has 1 unspecified atom stereocenters. The van der Waals surface area contributed by atoms with Gasteiger partial charge in [-0.25, -0.2) is 0 Å². The number of epoxide rings is 1. The Bertz CT molecular complexity index is 368. The molecule has 0 N–H and O–H groups in total. The first-order valence-corrected chi connectivity index (χ1v) is 4.32. The molecule has 1 saturated heterocycles. The van der Waals surface area contributed by atoms with E-state index >= 15 is 0 Å². The third-order valence-electron chi connectivity index (χ3n) is 2.11. The first-order chi connectivity index (χ1) is 5.36. The molecule has 0 amide bonds. The van der Waals surface area contributed by atoms with Crippen LogP contribution in [0.4, 0.5) is 0 Å². The Hall–Kier alpha value is -0.760. The number of benzene rings is 1. The number of ether oxygens (including phenoxy) is 1. The van der Waals surface area contributed by atoms with Crippen molar-refractivity contribution in [3.63, 3.8) is 0 Å². The van der Waals surface area contributed by atoms with Crippen LogP contribution < -0.4 is 0 Å². The van der Waals surface area contributed by atoms with Gasteiger partial charge in [0.15, 0.2) is 6.10 Å². The zero-order valence-electron chi connectivity index (χ0n) is 5.67. The van der Waals surface area contributed by atoms with Crippen molar-refractivity contribution in [2.24, 2.45) is 0 Å². The van der Waals surface area contributed by atoms with Gasteiger partial charge in [0.05, 0.1) is 0 Å². The van der Waals surface area contributed by atoms with Crippen LogP contribution in [0.5, 0.6) is 0 Å². The van der Waals surface area contributed by atoms with Crippen LogP contribution >= 0.6 is 15.9 Å². The predicted octanol–water partition coefficient (Wildman–Crippen LogP) is 2.87. The average Bonchev–Trinajstić information content (AvgIpc) is 2.67. The fraction of sp³-hybridized carbons (Fsp3) is 0.111. The predicted molar refractivity (Wildman–Crippen MR) is 45.9 cm³/mol. The molecule has 0 bridgehead atoms. The van der Waals surface area contributed by atoms with E-state index in [1.807, 2.05) is 6.07 Å². The molecule has 1 nitrogen and oxygen atoms in total. The second kappa shape index (κ2) is 1.69. The minimum atomic E-state index is 0.294. The first-order valence-electron chi connectivity index (χ1n) is 3.53. The number of hydrogen-bond acceptors (Lipinski definition) is 1. The van der Waals surface area contributed by atoms with E-state index in [-0.39, 0.29) is 0 Å². The highest BCUT2D eigenvalue weighted by molar-refractivity contribution is 9.10. The molecule has 1 aliphatic heterocycles. The molecule has 1 aromatic carbocycles. The second-order valence-electron chi connectivity index (χ2n) is 2.79. The van der Waals surface area contributed by atoms with E-state index in [2.05, 4.69) is 34.1 Å². The van der Waals surface area contributed by atoms with Crippen LogP contribution in [0.15, 0.2) is 28.4 Å². The van der Waals surface area contributed by atoms with Crippen LogP contribution in [-0.2, 0) is 4.74 Å². The van der Waals surface area contributed by atoms with Crippen molar-refractivity contribution in [3.8, 4) is 0 Å². The average molecular weight is 209 g/mol. The van der Waals surface area contributed by atoms with Gasteiger partial charge in [-0.15, -0.1) is 0 Å². The minimum Gasteiger partial charge on any atom is -0.478 e. The van der Waals surface area contributed by atoms with Gasteiger partial charge in [-0.1, -0.05) is 28.1 Å². The molecule has 1 heterocycles. The molecule has 0 aromatic heterocycles. The Labute approximate surface area is 72.8 Å². The summed E-state index contributed by atoms with van der Waals surface area (Å²) in [5.74, 6) is 1.12. The van der Waals surface area contributed by atoms with Crippen LogP contribution in [-0.4, -0.2) is 0 Å². The molecule has 11 heavy (non-hydrogen) atoms. The largest absolute Gasteiger partial charge is 0.478 e. The highest BCUT2D eigenvalue weighted by Crippen LogP contribution is 2.52. The van der Waals surface area contributed by atoms with Crippen LogP contribution in [0.1, 0.15) is 17.2 Å². The lowest BCUT2D eigenvalue weighted by Gasteiger charge is -2.00. The monoisotopic (exact) mass is 208 g/mol. The molecular weight excluding hydrogens is 204 g/mol. The van der Waals surface area contributed by atoms with Crippen molar-refractivity contribution in [2.45, 2.75) is 6.10 Å². The van der Waals surface area contributed by atoms with Gasteiger partial charge in [0.25, 0.3) is 0 Å². The molecule has 3 rings (SSSR count).